The van der Waals surface area contributed by atoms with E-state index >= 15 is 0 Å². The Morgan fingerprint density at radius 3 is 2.70 bits per heavy atom. The molecule has 0 aromatic heterocycles. The first-order valence-electron chi connectivity index (χ1n) is 3.51. The maximum absolute atomic E-state index is 10.2. The predicted molar refractivity (Wildman–Crippen MR) is 41.1 cm³/mol. The standard InChI is InChI=1S/C8H13NO/c1-2-3-4-5-6-7-8(9)10/h2,5-7H2,1H3,(H2,9,10). The summed E-state index contributed by atoms with van der Waals surface area (Å²) in [6.07, 6.45) is 2.92. The normalized spacial score (nSPS) is 8.10. The van der Waals surface area contributed by atoms with Gasteiger partial charge in [0.05, 0.1) is 0 Å². The Morgan fingerprint density at radius 2 is 2.20 bits per heavy atom. The fourth-order valence-corrected chi connectivity index (χ4v) is 0.564. The third-order valence-electron chi connectivity index (χ3n) is 1.03. The summed E-state index contributed by atoms with van der Waals surface area (Å²) in [6, 6.07) is 0. The average Bonchev–Trinajstić information content (AvgIpc) is 1.87. The van der Waals surface area contributed by atoms with Gasteiger partial charge in [-0.25, -0.2) is 0 Å². The van der Waals surface area contributed by atoms with E-state index in [1.807, 2.05) is 6.92 Å². The number of hydrogen-bond acceptors (Lipinski definition) is 1. The van der Waals surface area contributed by atoms with Gasteiger partial charge >= 0.3 is 0 Å². The van der Waals surface area contributed by atoms with Crippen LogP contribution in [0.1, 0.15) is 32.6 Å². The van der Waals surface area contributed by atoms with Crippen molar-refractivity contribution in [1.29, 1.82) is 0 Å². The largest absolute Gasteiger partial charge is 0.370 e. The summed E-state index contributed by atoms with van der Waals surface area (Å²) < 4.78 is 0. The van der Waals surface area contributed by atoms with Gasteiger partial charge in [0.1, 0.15) is 0 Å². The van der Waals surface area contributed by atoms with Crippen LogP contribution in [0.5, 0.6) is 0 Å². The van der Waals surface area contributed by atoms with Gasteiger partial charge in [-0.15, -0.1) is 11.8 Å². The van der Waals surface area contributed by atoms with Gasteiger partial charge in [0.2, 0.25) is 5.91 Å². The molecule has 0 radical (unpaired) electrons. The van der Waals surface area contributed by atoms with Crippen LogP contribution in [0.4, 0.5) is 0 Å². The molecular weight excluding hydrogens is 126 g/mol. The van der Waals surface area contributed by atoms with Crippen LogP contribution >= 0.6 is 0 Å². The molecule has 0 aliphatic carbocycles. The Labute approximate surface area is 61.8 Å². The van der Waals surface area contributed by atoms with Gasteiger partial charge in [-0.05, 0) is 6.42 Å². The van der Waals surface area contributed by atoms with Gasteiger partial charge < -0.3 is 5.73 Å². The molecule has 0 fully saturated rings. The third kappa shape index (κ3) is 7.03. The first kappa shape index (κ1) is 9.03. The van der Waals surface area contributed by atoms with E-state index in [-0.39, 0.29) is 5.91 Å². The SMILES string of the molecule is CCC#CCCCC(N)=O. The van der Waals surface area contributed by atoms with E-state index in [2.05, 4.69) is 11.8 Å². The van der Waals surface area contributed by atoms with Crippen LogP contribution in [-0.2, 0) is 4.79 Å². The zero-order chi connectivity index (χ0) is 7.82. The lowest BCUT2D eigenvalue weighted by atomic mass is 10.2. The molecule has 2 heteroatoms. The molecule has 56 valence electrons. The van der Waals surface area contributed by atoms with E-state index in [1.165, 1.54) is 0 Å². The second-order valence-electron chi connectivity index (χ2n) is 2.03. The second kappa shape index (κ2) is 6.15. The Balaban J connectivity index is 3.13. The van der Waals surface area contributed by atoms with Crippen LogP contribution in [0.2, 0.25) is 0 Å². The Bertz CT molecular complexity index is 152. The van der Waals surface area contributed by atoms with Crippen LogP contribution in [0, 0.1) is 11.8 Å². The van der Waals surface area contributed by atoms with Crippen molar-refractivity contribution in [2.75, 3.05) is 0 Å². The van der Waals surface area contributed by atoms with Gasteiger partial charge in [-0.1, -0.05) is 6.92 Å². The van der Waals surface area contributed by atoms with Crippen LogP contribution in [-0.4, -0.2) is 5.91 Å². The van der Waals surface area contributed by atoms with Crippen molar-refractivity contribution in [1.82, 2.24) is 0 Å². The van der Waals surface area contributed by atoms with Gasteiger partial charge in [0.25, 0.3) is 0 Å². The minimum atomic E-state index is -0.238. The van der Waals surface area contributed by atoms with E-state index in [0.29, 0.717) is 6.42 Å². The van der Waals surface area contributed by atoms with Crippen molar-refractivity contribution in [2.24, 2.45) is 5.73 Å². The van der Waals surface area contributed by atoms with E-state index in [9.17, 15) is 4.79 Å². The lowest BCUT2D eigenvalue weighted by Gasteiger charge is -1.87. The number of unbranched alkanes of at least 4 members (excludes halogenated alkanes) is 1. The molecule has 0 spiro atoms. The highest BCUT2D eigenvalue weighted by Crippen LogP contribution is 1.91. The summed E-state index contributed by atoms with van der Waals surface area (Å²) in [7, 11) is 0. The lowest BCUT2D eigenvalue weighted by Crippen LogP contribution is -2.09. The van der Waals surface area contributed by atoms with E-state index in [4.69, 9.17) is 5.73 Å². The Morgan fingerprint density at radius 1 is 1.50 bits per heavy atom. The summed E-state index contributed by atoms with van der Waals surface area (Å²) in [6.45, 7) is 2.00. The van der Waals surface area contributed by atoms with Gasteiger partial charge in [-0.2, -0.15) is 0 Å². The van der Waals surface area contributed by atoms with Crippen molar-refractivity contribution < 1.29 is 4.79 Å². The highest BCUT2D eigenvalue weighted by molar-refractivity contribution is 5.73. The molecule has 0 aliphatic heterocycles. The topological polar surface area (TPSA) is 43.1 Å². The van der Waals surface area contributed by atoms with Crippen LogP contribution in [0.15, 0.2) is 0 Å². The number of amides is 1. The molecule has 2 nitrogen and oxygen atoms in total. The maximum atomic E-state index is 10.2. The minimum Gasteiger partial charge on any atom is -0.370 e. The molecule has 0 unspecified atom stereocenters. The van der Waals surface area contributed by atoms with Crippen LogP contribution in [0.25, 0.3) is 0 Å². The lowest BCUT2D eigenvalue weighted by molar-refractivity contribution is -0.118. The highest BCUT2D eigenvalue weighted by Gasteiger charge is 1.89. The van der Waals surface area contributed by atoms with E-state index < -0.39 is 0 Å². The fourth-order valence-electron chi connectivity index (χ4n) is 0.564. The number of carbonyl (C=O) groups excluding carboxylic acids is 1. The molecule has 0 saturated heterocycles. The van der Waals surface area contributed by atoms with Crippen molar-refractivity contribution in [3.05, 3.63) is 0 Å². The summed E-state index contributed by atoms with van der Waals surface area (Å²) >= 11 is 0. The molecule has 0 atom stereocenters. The fraction of sp³-hybridized carbons (Fsp3) is 0.625. The zero-order valence-electron chi connectivity index (χ0n) is 6.31. The first-order chi connectivity index (χ1) is 4.77. The molecule has 0 aromatic carbocycles. The van der Waals surface area contributed by atoms with Gasteiger partial charge in [0.15, 0.2) is 0 Å². The van der Waals surface area contributed by atoms with Crippen molar-refractivity contribution >= 4 is 5.91 Å². The van der Waals surface area contributed by atoms with Crippen molar-refractivity contribution in [2.45, 2.75) is 32.6 Å². The number of primary amides is 1. The highest BCUT2D eigenvalue weighted by atomic mass is 16.1. The van der Waals surface area contributed by atoms with Crippen LogP contribution < -0.4 is 5.73 Å². The van der Waals surface area contributed by atoms with Crippen LogP contribution in [0.3, 0.4) is 0 Å². The Hall–Kier alpha value is -0.970. The molecule has 0 aromatic rings. The predicted octanol–water partition coefficient (Wildman–Crippen LogP) is 1.06. The Kier molecular flexibility index (Phi) is 5.56. The van der Waals surface area contributed by atoms with E-state index in [1.54, 1.807) is 0 Å². The summed E-state index contributed by atoms with van der Waals surface area (Å²) in [5.74, 6) is 5.61. The molecule has 10 heavy (non-hydrogen) atoms. The molecule has 1 amide bonds. The molecule has 0 saturated carbocycles. The monoisotopic (exact) mass is 139 g/mol. The zero-order valence-corrected chi connectivity index (χ0v) is 6.31. The molecule has 0 aliphatic rings. The average molecular weight is 139 g/mol. The summed E-state index contributed by atoms with van der Waals surface area (Å²) in [4.78, 5) is 10.2. The first-order valence-corrected chi connectivity index (χ1v) is 3.51. The molecule has 0 rings (SSSR count). The maximum Gasteiger partial charge on any atom is 0.217 e. The van der Waals surface area contributed by atoms with Crippen molar-refractivity contribution in [3.63, 3.8) is 0 Å². The molecule has 2 N–H and O–H groups in total. The van der Waals surface area contributed by atoms with Gasteiger partial charge in [-0.3, -0.25) is 4.79 Å². The molecule has 0 bridgehead atoms. The van der Waals surface area contributed by atoms with Gasteiger partial charge in [0, 0.05) is 19.3 Å². The third-order valence-corrected chi connectivity index (χ3v) is 1.03. The van der Waals surface area contributed by atoms with Crippen molar-refractivity contribution in [3.8, 4) is 11.8 Å². The number of carbonyl (C=O) groups is 1. The second-order valence-corrected chi connectivity index (χ2v) is 2.03. The summed E-state index contributed by atoms with van der Waals surface area (Å²) in [5, 5.41) is 0. The molecular formula is C8H13NO. The number of hydrogen-bond donors (Lipinski definition) is 1. The minimum absolute atomic E-state index is 0.238. The number of rotatable bonds is 3. The molecule has 0 heterocycles. The van der Waals surface area contributed by atoms with E-state index in [0.717, 1.165) is 19.3 Å². The quantitative estimate of drug-likeness (QED) is 0.461. The smallest absolute Gasteiger partial charge is 0.217 e. The number of nitrogens with two attached hydrogens (primary N) is 1. The summed E-state index contributed by atoms with van der Waals surface area (Å²) in [5.41, 5.74) is 4.92.